The first kappa shape index (κ1) is 17.5. The highest BCUT2D eigenvalue weighted by molar-refractivity contribution is 6.33. The summed E-state index contributed by atoms with van der Waals surface area (Å²) in [5.41, 5.74) is 2.89. The van der Waals surface area contributed by atoms with E-state index < -0.39 is 0 Å². The monoisotopic (exact) mass is 351 g/mol. The molecule has 128 valence electrons. The molecule has 0 aliphatic carbocycles. The van der Waals surface area contributed by atoms with Crippen LogP contribution in [0, 0.1) is 0 Å². The Morgan fingerprint density at radius 3 is 2.24 bits per heavy atom. The molecule has 1 heterocycles. The Balaban J connectivity index is 1.63. The molecule has 1 aliphatic heterocycles. The summed E-state index contributed by atoms with van der Waals surface area (Å²) in [7, 11) is 0. The van der Waals surface area contributed by atoms with E-state index in [4.69, 9.17) is 11.6 Å². The van der Waals surface area contributed by atoms with Crippen LogP contribution in [0.3, 0.4) is 0 Å². The largest absolute Gasteiger partial charge is 0.372 e. The Kier molecular flexibility index (Phi) is 6.08. The fraction of sp³-hybridized carbons (Fsp3) is 0.227. The lowest BCUT2D eigenvalue weighted by Gasteiger charge is -2.28. The van der Waals surface area contributed by atoms with E-state index in [9.17, 15) is 4.79 Å². The highest BCUT2D eigenvalue weighted by Gasteiger charge is 2.11. The van der Waals surface area contributed by atoms with Crippen LogP contribution in [0.4, 0.5) is 5.69 Å². The maximum atomic E-state index is 12.3. The fourth-order valence-electron chi connectivity index (χ4n) is 3.00. The Morgan fingerprint density at radius 2 is 1.56 bits per heavy atom. The molecule has 1 aliphatic rings. The van der Waals surface area contributed by atoms with E-state index in [1.807, 2.05) is 60.7 Å². The number of hydrogen-bond acceptors (Lipinski definition) is 2. The molecule has 25 heavy (non-hydrogen) atoms. The van der Waals surface area contributed by atoms with Gasteiger partial charge in [-0.1, -0.05) is 41.9 Å². The summed E-state index contributed by atoms with van der Waals surface area (Å²) in [5.74, 6) is -0.0372. The van der Waals surface area contributed by atoms with Gasteiger partial charge in [0.2, 0.25) is 0 Å². The molecule has 0 radical (unpaired) electrons. The van der Waals surface area contributed by atoms with Crippen molar-refractivity contribution in [3.63, 3.8) is 0 Å². The van der Waals surface area contributed by atoms with Crippen LogP contribution in [0.2, 0.25) is 0 Å². The number of ketones is 1. The third-order valence-corrected chi connectivity index (χ3v) is 4.61. The summed E-state index contributed by atoms with van der Waals surface area (Å²) < 4.78 is 0. The van der Waals surface area contributed by atoms with Crippen molar-refractivity contribution in [2.24, 2.45) is 0 Å². The topological polar surface area (TPSA) is 20.3 Å². The molecular formula is C22H22ClNO. The second kappa shape index (κ2) is 8.68. The molecule has 0 unspecified atom stereocenters. The molecule has 0 saturated carbocycles. The SMILES string of the molecule is O=C(/C=C/C(Cl)=C/c1ccccc1)c1ccc(N2CCCCC2)cc1. The molecule has 2 aromatic carbocycles. The number of carbonyl (C=O) groups excluding carboxylic acids is 1. The van der Waals surface area contributed by atoms with Gasteiger partial charge in [-0.15, -0.1) is 0 Å². The Hall–Kier alpha value is -2.32. The minimum Gasteiger partial charge on any atom is -0.372 e. The molecule has 3 rings (SSSR count). The standard InChI is InChI=1S/C22H22ClNO/c23-20(17-18-7-3-1-4-8-18)11-14-22(25)19-9-12-21(13-10-19)24-15-5-2-6-16-24/h1,3-4,7-14,17H,2,5-6,15-16H2/b14-11+,20-17-. The van der Waals surface area contributed by atoms with Crippen LogP contribution in [0.15, 0.2) is 71.8 Å². The number of rotatable bonds is 5. The summed E-state index contributed by atoms with van der Waals surface area (Å²) in [6, 6.07) is 17.7. The molecule has 1 saturated heterocycles. The molecule has 0 atom stereocenters. The minimum atomic E-state index is -0.0372. The van der Waals surface area contributed by atoms with Gasteiger partial charge in [0.25, 0.3) is 0 Å². The van der Waals surface area contributed by atoms with Gasteiger partial charge in [0.15, 0.2) is 5.78 Å². The van der Waals surface area contributed by atoms with E-state index in [0.29, 0.717) is 10.6 Å². The zero-order valence-electron chi connectivity index (χ0n) is 14.2. The van der Waals surface area contributed by atoms with Gasteiger partial charge in [0.1, 0.15) is 0 Å². The smallest absolute Gasteiger partial charge is 0.185 e. The molecule has 0 bridgehead atoms. The molecular weight excluding hydrogens is 330 g/mol. The van der Waals surface area contributed by atoms with Crippen LogP contribution in [0.25, 0.3) is 6.08 Å². The summed E-state index contributed by atoms with van der Waals surface area (Å²) >= 11 is 6.19. The van der Waals surface area contributed by atoms with Gasteiger partial charge >= 0.3 is 0 Å². The molecule has 2 nitrogen and oxygen atoms in total. The number of hydrogen-bond donors (Lipinski definition) is 0. The fourth-order valence-corrected chi connectivity index (χ4v) is 3.19. The average Bonchev–Trinajstić information content (AvgIpc) is 2.68. The van der Waals surface area contributed by atoms with Crippen molar-refractivity contribution in [1.82, 2.24) is 0 Å². The van der Waals surface area contributed by atoms with Crippen molar-refractivity contribution >= 4 is 29.1 Å². The van der Waals surface area contributed by atoms with Crippen molar-refractivity contribution in [2.75, 3.05) is 18.0 Å². The second-order valence-corrected chi connectivity index (χ2v) is 6.67. The van der Waals surface area contributed by atoms with E-state index in [1.54, 1.807) is 6.08 Å². The number of anilines is 1. The van der Waals surface area contributed by atoms with E-state index in [-0.39, 0.29) is 5.78 Å². The maximum absolute atomic E-state index is 12.3. The maximum Gasteiger partial charge on any atom is 0.185 e. The number of nitrogens with zero attached hydrogens (tertiary/aromatic N) is 1. The predicted molar refractivity (Wildman–Crippen MR) is 106 cm³/mol. The third-order valence-electron chi connectivity index (χ3n) is 4.37. The summed E-state index contributed by atoms with van der Waals surface area (Å²) in [4.78, 5) is 14.7. The van der Waals surface area contributed by atoms with Crippen molar-refractivity contribution < 1.29 is 4.79 Å². The number of benzene rings is 2. The normalized spacial score (nSPS) is 15.6. The Labute approximate surface area is 154 Å². The van der Waals surface area contributed by atoms with Gasteiger partial charge in [-0.25, -0.2) is 0 Å². The molecule has 0 N–H and O–H groups in total. The lowest BCUT2D eigenvalue weighted by atomic mass is 10.1. The van der Waals surface area contributed by atoms with Gasteiger partial charge in [0.05, 0.1) is 0 Å². The predicted octanol–water partition coefficient (Wildman–Crippen LogP) is 5.70. The third kappa shape index (κ3) is 5.07. The van der Waals surface area contributed by atoms with Gasteiger partial charge in [-0.05, 0) is 67.3 Å². The lowest BCUT2D eigenvalue weighted by molar-refractivity contribution is 0.104. The molecule has 3 heteroatoms. The van der Waals surface area contributed by atoms with E-state index in [1.165, 1.54) is 31.0 Å². The van der Waals surface area contributed by atoms with Crippen molar-refractivity contribution in [3.8, 4) is 0 Å². The van der Waals surface area contributed by atoms with Crippen LogP contribution in [-0.4, -0.2) is 18.9 Å². The first-order valence-electron chi connectivity index (χ1n) is 8.72. The van der Waals surface area contributed by atoms with Crippen molar-refractivity contribution in [1.29, 1.82) is 0 Å². The second-order valence-electron chi connectivity index (χ2n) is 6.23. The number of carbonyl (C=O) groups is 1. The van der Waals surface area contributed by atoms with Crippen molar-refractivity contribution in [3.05, 3.63) is 82.9 Å². The number of halogens is 1. The van der Waals surface area contributed by atoms with E-state index in [0.717, 1.165) is 18.7 Å². The first-order chi connectivity index (χ1) is 12.2. The molecule has 1 fully saturated rings. The number of piperidine rings is 1. The van der Waals surface area contributed by atoms with Crippen LogP contribution in [0.1, 0.15) is 35.2 Å². The highest BCUT2D eigenvalue weighted by atomic mass is 35.5. The van der Waals surface area contributed by atoms with E-state index in [2.05, 4.69) is 4.90 Å². The molecule has 0 amide bonds. The van der Waals surface area contributed by atoms with Crippen molar-refractivity contribution in [2.45, 2.75) is 19.3 Å². The first-order valence-corrected chi connectivity index (χ1v) is 9.10. The van der Waals surface area contributed by atoms with Crippen LogP contribution >= 0.6 is 11.6 Å². The molecule has 0 spiro atoms. The van der Waals surface area contributed by atoms with Gasteiger partial charge in [-0.3, -0.25) is 4.79 Å². The Morgan fingerprint density at radius 1 is 0.880 bits per heavy atom. The lowest BCUT2D eigenvalue weighted by Crippen LogP contribution is -2.29. The zero-order chi connectivity index (χ0) is 17.5. The van der Waals surface area contributed by atoms with Gasteiger partial charge < -0.3 is 4.90 Å². The summed E-state index contributed by atoms with van der Waals surface area (Å²) in [5, 5.41) is 0.532. The van der Waals surface area contributed by atoms with Gasteiger partial charge in [-0.2, -0.15) is 0 Å². The quantitative estimate of drug-likeness (QED) is 0.391. The summed E-state index contributed by atoms with van der Waals surface area (Å²) in [6.45, 7) is 2.21. The molecule has 2 aromatic rings. The minimum absolute atomic E-state index is 0.0372. The van der Waals surface area contributed by atoms with Crippen LogP contribution < -0.4 is 4.90 Å². The van der Waals surface area contributed by atoms with E-state index >= 15 is 0 Å². The van der Waals surface area contributed by atoms with Gasteiger partial charge in [0, 0.05) is 29.4 Å². The van der Waals surface area contributed by atoms with Crippen LogP contribution in [-0.2, 0) is 0 Å². The average molecular weight is 352 g/mol. The Bertz CT molecular complexity index is 756. The highest BCUT2D eigenvalue weighted by Crippen LogP contribution is 2.20. The number of allylic oxidation sites excluding steroid dienone is 3. The molecule has 0 aromatic heterocycles. The zero-order valence-corrected chi connectivity index (χ0v) is 15.0. The summed E-state index contributed by atoms with van der Waals surface area (Å²) in [6.07, 6.45) is 8.82. The van der Waals surface area contributed by atoms with Crippen LogP contribution in [0.5, 0.6) is 0 Å².